The van der Waals surface area contributed by atoms with E-state index in [0.29, 0.717) is 0 Å². The molecule has 1 aliphatic rings. The van der Waals surface area contributed by atoms with Crippen LogP contribution in [-0.4, -0.2) is 30.1 Å². The lowest BCUT2D eigenvalue weighted by Gasteiger charge is -2.39. The van der Waals surface area contributed by atoms with Crippen molar-refractivity contribution < 1.29 is 0 Å². The fourth-order valence-corrected chi connectivity index (χ4v) is 1.90. The van der Waals surface area contributed by atoms with Gasteiger partial charge in [0.25, 0.3) is 0 Å². The Bertz CT molecular complexity index is 349. The molecule has 1 heterocycles. The van der Waals surface area contributed by atoms with Crippen molar-refractivity contribution in [3.8, 4) is 6.07 Å². The van der Waals surface area contributed by atoms with E-state index in [-0.39, 0.29) is 12.1 Å². The maximum atomic E-state index is 9.08. The van der Waals surface area contributed by atoms with Gasteiger partial charge in [0.1, 0.15) is 6.04 Å². The topological polar surface area (TPSA) is 53.0 Å². The van der Waals surface area contributed by atoms with Gasteiger partial charge in [-0.3, -0.25) is 4.90 Å². The van der Waals surface area contributed by atoms with Crippen LogP contribution in [0.25, 0.3) is 0 Å². The Hall–Kier alpha value is -1.37. The summed E-state index contributed by atoms with van der Waals surface area (Å²) in [7, 11) is 0. The minimum Gasteiger partial charge on any atom is -0.325 e. The highest BCUT2D eigenvalue weighted by atomic mass is 15.2. The molecule has 2 N–H and O–H groups in total. The van der Waals surface area contributed by atoms with Gasteiger partial charge >= 0.3 is 0 Å². The van der Waals surface area contributed by atoms with Crippen molar-refractivity contribution in [3.05, 3.63) is 35.9 Å². The molecule has 3 heteroatoms. The predicted molar refractivity (Wildman–Crippen MR) is 59.1 cm³/mol. The van der Waals surface area contributed by atoms with Gasteiger partial charge in [0.05, 0.1) is 6.07 Å². The van der Waals surface area contributed by atoms with Gasteiger partial charge in [-0.15, -0.1) is 0 Å². The van der Waals surface area contributed by atoms with E-state index in [9.17, 15) is 0 Å². The van der Waals surface area contributed by atoms with E-state index in [2.05, 4.69) is 23.1 Å². The molecule has 0 unspecified atom stereocenters. The zero-order valence-electron chi connectivity index (χ0n) is 8.63. The van der Waals surface area contributed by atoms with Crippen molar-refractivity contribution in [1.29, 1.82) is 5.26 Å². The normalized spacial score (nSPS) is 19.2. The molecular formula is C12H15N3. The first-order valence-corrected chi connectivity index (χ1v) is 5.23. The molecule has 0 radical (unpaired) electrons. The first-order valence-electron chi connectivity index (χ1n) is 5.23. The van der Waals surface area contributed by atoms with Gasteiger partial charge in [0.15, 0.2) is 0 Å². The maximum absolute atomic E-state index is 9.08. The fourth-order valence-electron chi connectivity index (χ4n) is 1.90. The van der Waals surface area contributed by atoms with E-state index in [4.69, 9.17) is 11.0 Å². The quantitative estimate of drug-likeness (QED) is 0.785. The Morgan fingerprint density at radius 3 is 2.60 bits per heavy atom. The van der Waals surface area contributed by atoms with Crippen molar-refractivity contribution >= 4 is 0 Å². The molecule has 1 aromatic rings. The lowest BCUT2D eigenvalue weighted by atomic mass is 10.0. The summed E-state index contributed by atoms with van der Waals surface area (Å²) >= 11 is 0. The van der Waals surface area contributed by atoms with Crippen LogP contribution in [0.4, 0.5) is 0 Å². The molecule has 0 aromatic heterocycles. The van der Waals surface area contributed by atoms with Gasteiger partial charge in [-0.05, 0) is 5.56 Å². The van der Waals surface area contributed by atoms with E-state index in [1.807, 2.05) is 18.2 Å². The van der Waals surface area contributed by atoms with Crippen LogP contribution < -0.4 is 5.73 Å². The molecule has 15 heavy (non-hydrogen) atoms. The number of nitrogens with two attached hydrogens (primary N) is 1. The Labute approximate surface area is 90.1 Å². The summed E-state index contributed by atoms with van der Waals surface area (Å²) in [5, 5.41) is 9.08. The third kappa shape index (κ3) is 2.35. The van der Waals surface area contributed by atoms with Crippen LogP contribution in [0.2, 0.25) is 0 Å². The molecule has 0 bridgehead atoms. The molecule has 0 aliphatic carbocycles. The number of benzene rings is 1. The van der Waals surface area contributed by atoms with Crippen LogP contribution in [0.1, 0.15) is 5.56 Å². The summed E-state index contributed by atoms with van der Waals surface area (Å²) in [6.45, 7) is 1.70. The van der Waals surface area contributed by atoms with Crippen LogP contribution in [0.5, 0.6) is 0 Å². The molecule has 0 saturated carbocycles. The zero-order valence-corrected chi connectivity index (χ0v) is 8.63. The Morgan fingerprint density at radius 1 is 1.40 bits per heavy atom. The van der Waals surface area contributed by atoms with Crippen molar-refractivity contribution in [3.63, 3.8) is 0 Å². The van der Waals surface area contributed by atoms with E-state index >= 15 is 0 Å². The molecule has 78 valence electrons. The van der Waals surface area contributed by atoms with Crippen molar-refractivity contribution in [2.75, 3.05) is 13.1 Å². The lowest BCUT2D eigenvalue weighted by molar-refractivity contribution is 0.121. The van der Waals surface area contributed by atoms with Gasteiger partial charge in [-0.1, -0.05) is 30.3 Å². The molecule has 1 atom stereocenters. The number of likely N-dealkylation sites (tertiary alicyclic amines) is 1. The second kappa shape index (κ2) is 4.43. The van der Waals surface area contributed by atoms with Gasteiger partial charge in [0, 0.05) is 25.6 Å². The smallest absolute Gasteiger partial charge is 0.102 e. The van der Waals surface area contributed by atoms with Crippen molar-refractivity contribution in [2.45, 2.75) is 18.5 Å². The second-order valence-corrected chi connectivity index (χ2v) is 4.05. The highest BCUT2D eigenvalue weighted by Crippen LogP contribution is 2.14. The Morgan fingerprint density at radius 2 is 2.07 bits per heavy atom. The zero-order chi connectivity index (χ0) is 10.7. The monoisotopic (exact) mass is 201 g/mol. The average Bonchev–Trinajstić information content (AvgIpc) is 2.23. The molecule has 0 amide bonds. The first-order chi connectivity index (χ1) is 7.29. The summed E-state index contributed by atoms with van der Waals surface area (Å²) < 4.78 is 0. The van der Waals surface area contributed by atoms with Crippen LogP contribution in [0.3, 0.4) is 0 Å². The number of rotatable bonds is 3. The average molecular weight is 201 g/mol. The molecule has 1 aromatic carbocycles. The summed E-state index contributed by atoms with van der Waals surface area (Å²) in [4.78, 5) is 2.14. The highest BCUT2D eigenvalue weighted by Gasteiger charge is 2.29. The van der Waals surface area contributed by atoms with Crippen LogP contribution >= 0.6 is 0 Å². The molecule has 1 saturated heterocycles. The van der Waals surface area contributed by atoms with Crippen molar-refractivity contribution in [2.24, 2.45) is 5.73 Å². The SMILES string of the molecule is N#C[C@@H](Cc1ccccc1)N1CC(N)C1. The molecule has 1 fully saturated rings. The van der Waals surface area contributed by atoms with E-state index in [1.165, 1.54) is 5.56 Å². The third-order valence-corrected chi connectivity index (χ3v) is 2.80. The minimum atomic E-state index is -0.0211. The minimum absolute atomic E-state index is 0.0211. The Kier molecular flexibility index (Phi) is 3.00. The summed E-state index contributed by atoms with van der Waals surface area (Å²) in [5.74, 6) is 0. The van der Waals surface area contributed by atoms with E-state index in [0.717, 1.165) is 19.5 Å². The number of nitrogens with zero attached hydrogens (tertiary/aromatic N) is 2. The molecular weight excluding hydrogens is 186 g/mol. The second-order valence-electron chi connectivity index (χ2n) is 4.05. The van der Waals surface area contributed by atoms with E-state index < -0.39 is 0 Å². The van der Waals surface area contributed by atoms with Crippen LogP contribution in [0.15, 0.2) is 30.3 Å². The van der Waals surface area contributed by atoms with Gasteiger partial charge in [-0.25, -0.2) is 0 Å². The van der Waals surface area contributed by atoms with Crippen molar-refractivity contribution in [1.82, 2.24) is 4.90 Å². The standard InChI is InChI=1S/C12H15N3/c13-7-12(15-8-11(14)9-15)6-10-4-2-1-3-5-10/h1-5,11-12H,6,8-9,14H2/t12-/m1/s1. The number of nitriles is 1. The van der Waals surface area contributed by atoms with Gasteiger partial charge < -0.3 is 5.73 Å². The van der Waals surface area contributed by atoms with Gasteiger partial charge in [-0.2, -0.15) is 5.26 Å². The molecule has 1 aliphatic heterocycles. The highest BCUT2D eigenvalue weighted by molar-refractivity contribution is 5.18. The summed E-state index contributed by atoms with van der Waals surface area (Å²) in [6.07, 6.45) is 0.796. The summed E-state index contributed by atoms with van der Waals surface area (Å²) in [6, 6.07) is 12.7. The lowest BCUT2D eigenvalue weighted by Crippen LogP contribution is -2.59. The van der Waals surface area contributed by atoms with Crippen LogP contribution in [0, 0.1) is 11.3 Å². The largest absolute Gasteiger partial charge is 0.325 e. The maximum Gasteiger partial charge on any atom is 0.102 e. The predicted octanol–water partition coefficient (Wildman–Crippen LogP) is 0.764. The van der Waals surface area contributed by atoms with Gasteiger partial charge in [0.2, 0.25) is 0 Å². The fraction of sp³-hybridized carbons (Fsp3) is 0.417. The van der Waals surface area contributed by atoms with E-state index in [1.54, 1.807) is 0 Å². The van der Waals surface area contributed by atoms with Crippen LogP contribution in [-0.2, 0) is 6.42 Å². The molecule has 3 nitrogen and oxygen atoms in total. The summed E-state index contributed by atoms with van der Waals surface area (Å²) in [5.41, 5.74) is 6.92. The third-order valence-electron chi connectivity index (χ3n) is 2.80. The first kappa shape index (κ1) is 10.2. The molecule has 0 spiro atoms. The molecule has 2 rings (SSSR count). The number of hydrogen-bond donors (Lipinski definition) is 1. The Balaban J connectivity index is 1.95. The number of hydrogen-bond acceptors (Lipinski definition) is 3.